The Labute approximate surface area is 100 Å². The summed E-state index contributed by atoms with van der Waals surface area (Å²) >= 11 is 1.66. The summed E-state index contributed by atoms with van der Waals surface area (Å²) in [7, 11) is 0. The van der Waals surface area contributed by atoms with Gasteiger partial charge in [0.1, 0.15) is 10.6 Å². The number of hydrogen-bond acceptors (Lipinski definition) is 3. The molecule has 86 valence electrons. The number of aromatic nitrogens is 1. The summed E-state index contributed by atoms with van der Waals surface area (Å²) in [6, 6.07) is 2.11. The first kappa shape index (κ1) is 11.4. The van der Waals surface area contributed by atoms with Crippen molar-refractivity contribution in [3.8, 4) is 5.75 Å². The molecule has 0 aromatic carbocycles. The van der Waals surface area contributed by atoms with Crippen molar-refractivity contribution in [2.75, 3.05) is 6.61 Å². The number of ether oxygens (including phenoxy) is 1. The molecule has 2 rings (SSSR count). The van der Waals surface area contributed by atoms with Gasteiger partial charge in [-0.25, -0.2) is 4.98 Å². The monoisotopic (exact) mass is 235 g/mol. The fourth-order valence-corrected chi connectivity index (χ4v) is 2.77. The van der Waals surface area contributed by atoms with Crippen LogP contribution in [0, 0.1) is 13.8 Å². The third-order valence-corrected chi connectivity index (χ3v) is 3.44. The van der Waals surface area contributed by atoms with Crippen LogP contribution in [0.5, 0.6) is 5.75 Å². The smallest absolute Gasteiger partial charge is 0.139 e. The minimum absolute atomic E-state index is 0.801. The molecule has 0 saturated carbocycles. The maximum Gasteiger partial charge on any atom is 0.139 e. The largest absolute Gasteiger partial charge is 0.492 e. The zero-order chi connectivity index (χ0) is 11.5. The van der Waals surface area contributed by atoms with Crippen molar-refractivity contribution in [3.05, 3.63) is 22.7 Å². The molecule has 0 aliphatic rings. The molecule has 0 unspecified atom stereocenters. The van der Waals surface area contributed by atoms with Gasteiger partial charge in [-0.3, -0.25) is 0 Å². The maximum absolute atomic E-state index is 5.79. The van der Waals surface area contributed by atoms with Crippen LogP contribution in [0.2, 0.25) is 0 Å². The quantitative estimate of drug-likeness (QED) is 0.745. The van der Waals surface area contributed by atoms with E-state index in [4.69, 9.17) is 4.74 Å². The van der Waals surface area contributed by atoms with Gasteiger partial charge in [-0.1, -0.05) is 13.3 Å². The van der Waals surface area contributed by atoms with E-state index < -0.39 is 0 Å². The second-order valence-electron chi connectivity index (χ2n) is 4.06. The van der Waals surface area contributed by atoms with Crippen LogP contribution in [0.1, 0.15) is 31.0 Å². The lowest BCUT2D eigenvalue weighted by atomic mass is 10.2. The van der Waals surface area contributed by atoms with Gasteiger partial charge in [-0.15, -0.1) is 11.3 Å². The molecular weight excluding hydrogens is 218 g/mol. The Morgan fingerprint density at radius 3 is 2.94 bits per heavy atom. The maximum atomic E-state index is 5.79. The number of rotatable bonds is 4. The highest BCUT2D eigenvalue weighted by Crippen LogP contribution is 2.33. The average Bonchev–Trinajstić information content (AvgIpc) is 2.62. The van der Waals surface area contributed by atoms with Crippen LogP contribution >= 0.6 is 11.3 Å². The summed E-state index contributed by atoms with van der Waals surface area (Å²) in [5, 5.41) is 3.26. The van der Waals surface area contributed by atoms with Gasteiger partial charge >= 0.3 is 0 Å². The fourth-order valence-electron chi connectivity index (χ4n) is 1.79. The summed E-state index contributed by atoms with van der Waals surface area (Å²) in [5.74, 6) is 0.999. The van der Waals surface area contributed by atoms with Crippen molar-refractivity contribution >= 4 is 21.6 Å². The second kappa shape index (κ2) is 4.83. The molecule has 0 aliphatic carbocycles. The number of thiophene rings is 1. The number of aryl methyl sites for hydroxylation is 2. The van der Waals surface area contributed by atoms with E-state index >= 15 is 0 Å². The van der Waals surface area contributed by atoms with Gasteiger partial charge in [0.15, 0.2) is 0 Å². The normalized spacial score (nSPS) is 10.9. The minimum Gasteiger partial charge on any atom is -0.492 e. The van der Waals surface area contributed by atoms with Crippen LogP contribution < -0.4 is 4.74 Å². The van der Waals surface area contributed by atoms with E-state index in [1.54, 1.807) is 11.3 Å². The third-order valence-electron chi connectivity index (χ3n) is 2.59. The number of nitrogens with zero attached hydrogens (tertiary/aromatic N) is 1. The summed E-state index contributed by atoms with van der Waals surface area (Å²) in [6.45, 7) is 7.13. The molecule has 2 aromatic rings. The Balaban J connectivity index is 2.33. The Morgan fingerprint density at radius 1 is 1.38 bits per heavy atom. The third kappa shape index (κ3) is 2.19. The van der Waals surface area contributed by atoms with E-state index in [1.807, 2.05) is 6.92 Å². The molecule has 16 heavy (non-hydrogen) atoms. The highest BCUT2D eigenvalue weighted by molar-refractivity contribution is 7.17. The molecule has 0 radical (unpaired) electrons. The topological polar surface area (TPSA) is 22.1 Å². The molecule has 0 atom stereocenters. The van der Waals surface area contributed by atoms with Crippen molar-refractivity contribution in [2.24, 2.45) is 0 Å². The first-order chi connectivity index (χ1) is 7.72. The van der Waals surface area contributed by atoms with Crippen LogP contribution in [0.25, 0.3) is 10.2 Å². The minimum atomic E-state index is 0.801. The molecule has 2 heterocycles. The fraction of sp³-hybridized carbons (Fsp3) is 0.462. The molecule has 0 spiro atoms. The van der Waals surface area contributed by atoms with E-state index in [9.17, 15) is 0 Å². The molecule has 0 N–H and O–H groups in total. The Bertz CT molecular complexity index is 490. The highest BCUT2D eigenvalue weighted by Gasteiger charge is 2.09. The van der Waals surface area contributed by atoms with Crippen molar-refractivity contribution < 1.29 is 4.74 Å². The van der Waals surface area contributed by atoms with Gasteiger partial charge in [0.25, 0.3) is 0 Å². The predicted molar refractivity (Wildman–Crippen MR) is 69.5 cm³/mol. The van der Waals surface area contributed by atoms with Crippen LogP contribution in [-0.4, -0.2) is 11.6 Å². The molecule has 3 heteroatoms. The lowest BCUT2D eigenvalue weighted by molar-refractivity contribution is 0.314. The van der Waals surface area contributed by atoms with Crippen molar-refractivity contribution in [3.63, 3.8) is 0 Å². The lowest BCUT2D eigenvalue weighted by Crippen LogP contribution is -1.96. The molecule has 0 aliphatic heterocycles. The second-order valence-corrected chi connectivity index (χ2v) is 4.92. The van der Waals surface area contributed by atoms with E-state index in [0.29, 0.717) is 0 Å². The number of hydrogen-bond donors (Lipinski definition) is 0. The molecular formula is C13H17NOS. The average molecular weight is 235 g/mol. The summed E-state index contributed by atoms with van der Waals surface area (Å²) in [6.07, 6.45) is 2.27. The highest BCUT2D eigenvalue weighted by atomic mass is 32.1. The Hall–Kier alpha value is -1.09. The van der Waals surface area contributed by atoms with E-state index in [-0.39, 0.29) is 0 Å². The van der Waals surface area contributed by atoms with Crippen LogP contribution in [0.15, 0.2) is 11.4 Å². The van der Waals surface area contributed by atoms with Crippen molar-refractivity contribution in [2.45, 2.75) is 33.6 Å². The van der Waals surface area contributed by atoms with Gasteiger partial charge in [0.05, 0.1) is 12.0 Å². The summed E-state index contributed by atoms with van der Waals surface area (Å²) in [4.78, 5) is 5.61. The summed E-state index contributed by atoms with van der Waals surface area (Å²) < 4.78 is 5.79. The van der Waals surface area contributed by atoms with Gasteiger partial charge in [-0.2, -0.15) is 0 Å². The van der Waals surface area contributed by atoms with Crippen LogP contribution in [-0.2, 0) is 0 Å². The number of pyridine rings is 1. The Morgan fingerprint density at radius 2 is 2.19 bits per heavy atom. The zero-order valence-corrected chi connectivity index (χ0v) is 10.9. The van der Waals surface area contributed by atoms with E-state index in [2.05, 4.69) is 30.3 Å². The molecule has 0 saturated heterocycles. The predicted octanol–water partition coefficient (Wildman–Crippen LogP) is 4.09. The van der Waals surface area contributed by atoms with Crippen LogP contribution in [0.3, 0.4) is 0 Å². The van der Waals surface area contributed by atoms with Gasteiger partial charge in [0, 0.05) is 11.1 Å². The first-order valence-corrected chi connectivity index (χ1v) is 6.58. The number of fused-ring (bicyclic) bond motifs is 1. The summed E-state index contributed by atoms with van der Waals surface area (Å²) in [5.41, 5.74) is 2.34. The standard InChI is InChI=1S/C13H17NOS/c1-4-5-6-15-11-8-16-13-12(11)9(2)7-10(3)14-13/h7-8H,4-6H2,1-3H3. The van der Waals surface area contributed by atoms with E-state index in [1.165, 1.54) is 17.4 Å². The lowest BCUT2D eigenvalue weighted by Gasteiger charge is -2.05. The first-order valence-electron chi connectivity index (χ1n) is 5.70. The zero-order valence-electron chi connectivity index (χ0n) is 10.0. The molecule has 0 amide bonds. The van der Waals surface area contributed by atoms with Crippen molar-refractivity contribution in [1.29, 1.82) is 0 Å². The van der Waals surface area contributed by atoms with E-state index in [0.717, 1.165) is 29.3 Å². The molecule has 0 bridgehead atoms. The van der Waals surface area contributed by atoms with Gasteiger partial charge in [-0.05, 0) is 31.9 Å². The van der Waals surface area contributed by atoms with Gasteiger partial charge in [0.2, 0.25) is 0 Å². The molecule has 0 fully saturated rings. The molecule has 2 aromatic heterocycles. The van der Waals surface area contributed by atoms with Crippen LogP contribution in [0.4, 0.5) is 0 Å². The van der Waals surface area contributed by atoms with Gasteiger partial charge < -0.3 is 4.74 Å². The Kier molecular flexibility index (Phi) is 3.44. The SMILES string of the molecule is CCCCOc1csc2nc(C)cc(C)c12. The molecule has 2 nitrogen and oxygen atoms in total. The number of unbranched alkanes of at least 4 members (excludes halogenated alkanes) is 1. The van der Waals surface area contributed by atoms with Crippen molar-refractivity contribution in [1.82, 2.24) is 4.98 Å².